The van der Waals surface area contributed by atoms with Gasteiger partial charge in [-0.3, -0.25) is 0 Å². The fourth-order valence-electron chi connectivity index (χ4n) is 3.44. The molecule has 3 nitrogen and oxygen atoms in total. The predicted molar refractivity (Wildman–Crippen MR) is 149 cm³/mol. The molecule has 33 heavy (non-hydrogen) atoms. The van der Waals surface area contributed by atoms with Crippen LogP contribution in [0.5, 0.6) is 0 Å². The summed E-state index contributed by atoms with van der Waals surface area (Å²) < 4.78 is 0. The zero-order valence-corrected chi connectivity index (χ0v) is 21.9. The summed E-state index contributed by atoms with van der Waals surface area (Å²) >= 11 is 5.50. The maximum Gasteiger partial charge on any atom is 0.166 e. The predicted octanol–water partition coefficient (Wildman–Crippen LogP) is 6.81. The molecule has 3 N–H and O–H groups in total. The van der Waals surface area contributed by atoms with Gasteiger partial charge in [0, 0.05) is 13.1 Å². The van der Waals surface area contributed by atoms with Crippen molar-refractivity contribution in [1.29, 1.82) is 0 Å². The summed E-state index contributed by atoms with van der Waals surface area (Å²) in [7, 11) is 0. The van der Waals surface area contributed by atoms with E-state index in [0.717, 1.165) is 58.0 Å². The average molecular weight is 469 g/mol. The van der Waals surface area contributed by atoms with Gasteiger partial charge in [0.15, 0.2) is 5.11 Å². The first kappa shape index (κ1) is 28.9. The highest BCUT2D eigenvalue weighted by Gasteiger charge is 2.01. The standard InChI is InChI=1S/C29H44N2OS/c1-24(2)11-8-12-25(3)13-9-17-28(18-10-14-26(4)20-22-32)23-31-29(33)30-21-19-27-15-6-5-7-16-27/h5-7,11,13,15-16,18,20,32H,8-10,12,14,17,19,21-23H2,1-4H3,(H2,30,31,33)/b25-13+,26-20+,28-18-. The monoisotopic (exact) mass is 468 g/mol. The Hall–Kier alpha value is -2.17. The molecule has 0 radical (unpaired) electrons. The molecule has 1 rings (SSSR count). The van der Waals surface area contributed by atoms with Gasteiger partial charge in [0.25, 0.3) is 0 Å². The number of hydrogen-bond donors (Lipinski definition) is 3. The van der Waals surface area contributed by atoms with Gasteiger partial charge < -0.3 is 15.7 Å². The molecule has 0 saturated heterocycles. The zero-order chi connectivity index (χ0) is 24.3. The second-order valence-corrected chi connectivity index (χ2v) is 9.30. The third-order valence-corrected chi connectivity index (χ3v) is 5.77. The molecule has 0 amide bonds. The van der Waals surface area contributed by atoms with Crippen LogP contribution in [-0.2, 0) is 6.42 Å². The fourth-order valence-corrected chi connectivity index (χ4v) is 3.61. The van der Waals surface area contributed by atoms with Gasteiger partial charge in [-0.25, -0.2) is 0 Å². The Morgan fingerprint density at radius 1 is 0.818 bits per heavy atom. The highest BCUT2D eigenvalue weighted by molar-refractivity contribution is 7.80. The Morgan fingerprint density at radius 3 is 2.12 bits per heavy atom. The number of aliphatic hydroxyl groups excluding tert-OH is 1. The van der Waals surface area contributed by atoms with Crippen molar-refractivity contribution in [1.82, 2.24) is 10.6 Å². The SMILES string of the molecule is CC(C)=CCC/C(C)=C/CC/C(=C/CC/C(C)=C/CO)CNC(=S)NCCc1ccccc1. The number of hydrogen-bond acceptors (Lipinski definition) is 2. The van der Waals surface area contributed by atoms with E-state index in [1.807, 2.05) is 12.1 Å². The molecule has 0 bridgehead atoms. The molecule has 0 fully saturated rings. The van der Waals surface area contributed by atoms with Crippen molar-refractivity contribution in [3.05, 3.63) is 82.5 Å². The van der Waals surface area contributed by atoms with Crippen LogP contribution in [0.3, 0.4) is 0 Å². The molecule has 0 aliphatic rings. The molecule has 0 aliphatic heterocycles. The van der Waals surface area contributed by atoms with E-state index < -0.39 is 0 Å². The van der Waals surface area contributed by atoms with Gasteiger partial charge in [0.1, 0.15) is 0 Å². The topological polar surface area (TPSA) is 44.3 Å². The zero-order valence-electron chi connectivity index (χ0n) is 21.1. The van der Waals surface area contributed by atoms with Crippen molar-refractivity contribution in [3.8, 4) is 0 Å². The minimum absolute atomic E-state index is 0.115. The molecule has 182 valence electrons. The Balaban J connectivity index is 2.52. The van der Waals surface area contributed by atoms with Crippen molar-refractivity contribution in [2.75, 3.05) is 19.7 Å². The summed E-state index contributed by atoms with van der Waals surface area (Å²) in [6, 6.07) is 10.5. The highest BCUT2D eigenvalue weighted by Crippen LogP contribution is 2.14. The number of allylic oxidation sites excluding steroid dienone is 6. The van der Waals surface area contributed by atoms with E-state index in [9.17, 15) is 0 Å². The summed E-state index contributed by atoms with van der Waals surface area (Å²) in [6.07, 6.45) is 16.1. The molecule has 1 aromatic carbocycles. The molecule has 0 atom stereocenters. The third kappa shape index (κ3) is 16.1. The van der Waals surface area contributed by atoms with Crippen molar-refractivity contribution < 1.29 is 5.11 Å². The minimum Gasteiger partial charge on any atom is -0.392 e. The molecule has 0 spiro atoms. The number of thiocarbonyl (C=S) groups is 1. The number of nitrogens with one attached hydrogen (secondary N) is 2. The molecule has 0 unspecified atom stereocenters. The molecule has 0 saturated carbocycles. The van der Waals surface area contributed by atoms with Gasteiger partial charge >= 0.3 is 0 Å². The molecule has 0 aliphatic carbocycles. The summed E-state index contributed by atoms with van der Waals surface area (Å²) in [5.74, 6) is 0. The molecule has 1 aromatic rings. The van der Waals surface area contributed by atoms with Crippen LogP contribution in [0.4, 0.5) is 0 Å². The second kappa shape index (κ2) is 18.3. The van der Waals surface area contributed by atoms with Crippen molar-refractivity contribution >= 4 is 17.3 Å². The first-order valence-electron chi connectivity index (χ1n) is 12.2. The third-order valence-electron chi connectivity index (χ3n) is 5.48. The summed E-state index contributed by atoms with van der Waals surface area (Å²) in [5, 5.41) is 16.5. The second-order valence-electron chi connectivity index (χ2n) is 8.89. The normalized spacial score (nSPS) is 12.5. The van der Waals surface area contributed by atoms with E-state index >= 15 is 0 Å². The average Bonchev–Trinajstić information content (AvgIpc) is 2.77. The molecule has 0 aromatic heterocycles. The first-order valence-corrected chi connectivity index (χ1v) is 12.6. The lowest BCUT2D eigenvalue weighted by atomic mass is 10.0. The van der Waals surface area contributed by atoms with Crippen molar-refractivity contribution in [2.45, 2.75) is 72.6 Å². The number of rotatable bonds is 15. The van der Waals surface area contributed by atoms with Crippen LogP contribution >= 0.6 is 12.2 Å². The van der Waals surface area contributed by atoms with E-state index in [1.54, 1.807) is 0 Å². The van der Waals surface area contributed by atoms with E-state index in [1.165, 1.54) is 27.9 Å². The van der Waals surface area contributed by atoms with Gasteiger partial charge in [0.2, 0.25) is 0 Å². The van der Waals surface area contributed by atoms with Crippen LogP contribution in [0.2, 0.25) is 0 Å². The van der Waals surface area contributed by atoms with Gasteiger partial charge in [-0.2, -0.15) is 0 Å². The number of benzene rings is 1. The van der Waals surface area contributed by atoms with Crippen LogP contribution in [0.1, 0.15) is 71.8 Å². The Bertz CT molecular complexity index is 802. The summed E-state index contributed by atoms with van der Waals surface area (Å²) in [6.45, 7) is 10.3. The minimum atomic E-state index is 0.115. The van der Waals surface area contributed by atoms with Crippen LogP contribution in [0.15, 0.2) is 76.9 Å². The Kier molecular flexibility index (Phi) is 16.0. The fraction of sp³-hybridized carbons (Fsp3) is 0.483. The van der Waals surface area contributed by atoms with Gasteiger partial charge in [-0.15, -0.1) is 0 Å². The molecule has 4 heteroatoms. The maximum absolute atomic E-state index is 9.06. The van der Waals surface area contributed by atoms with E-state index in [-0.39, 0.29) is 6.61 Å². The Morgan fingerprint density at radius 2 is 1.45 bits per heavy atom. The molecular formula is C29H44N2OS. The highest BCUT2D eigenvalue weighted by atomic mass is 32.1. The smallest absolute Gasteiger partial charge is 0.166 e. The summed E-state index contributed by atoms with van der Waals surface area (Å²) in [5.41, 5.74) is 6.77. The largest absolute Gasteiger partial charge is 0.392 e. The van der Waals surface area contributed by atoms with Gasteiger partial charge in [0.05, 0.1) is 6.61 Å². The van der Waals surface area contributed by atoms with E-state index in [4.69, 9.17) is 17.3 Å². The quantitative estimate of drug-likeness (QED) is 0.195. The lowest BCUT2D eigenvalue weighted by Crippen LogP contribution is -2.37. The van der Waals surface area contributed by atoms with Crippen molar-refractivity contribution in [3.63, 3.8) is 0 Å². The Labute approximate surface area is 207 Å². The lowest BCUT2D eigenvalue weighted by molar-refractivity contribution is 0.341. The van der Waals surface area contributed by atoms with Gasteiger partial charge in [-0.1, -0.05) is 76.9 Å². The van der Waals surface area contributed by atoms with E-state index in [0.29, 0.717) is 5.11 Å². The maximum atomic E-state index is 9.06. The molecule has 0 heterocycles. The van der Waals surface area contributed by atoms with Crippen molar-refractivity contribution in [2.24, 2.45) is 0 Å². The van der Waals surface area contributed by atoms with Crippen LogP contribution in [0, 0.1) is 0 Å². The lowest BCUT2D eigenvalue weighted by Gasteiger charge is -2.13. The molecular weight excluding hydrogens is 424 g/mol. The first-order chi connectivity index (χ1) is 15.9. The van der Waals surface area contributed by atoms with E-state index in [2.05, 4.69) is 80.8 Å². The van der Waals surface area contributed by atoms with Crippen LogP contribution < -0.4 is 10.6 Å². The van der Waals surface area contributed by atoms with Crippen LogP contribution in [-0.4, -0.2) is 29.9 Å². The number of aliphatic hydroxyl groups is 1. The summed E-state index contributed by atoms with van der Waals surface area (Å²) in [4.78, 5) is 0. The van der Waals surface area contributed by atoms with Crippen LogP contribution in [0.25, 0.3) is 0 Å². The van der Waals surface area contributed by atoms with Gasteiger partial charge in [-0.05, 0) is 90.4 Å².